The molecule has 0 amide bonds. The zero-order valence-electron chi connectivity index (χ0n) is 19.2. The molecule has 0 bridgehead atoms. The number of ether oxygens (including phenoxy) is 1. The molecule has 2 fully saturated rings. The molecule has 4 nitrogen and oxygen atoms in total. The maximum atomic E-state index is 12.5. The Kier molecular flexibility index (Phi) is 5.32. The fourth-order valence-corrected chi connectivity index (χ4v) is 7.34. The number of esters is 1. The molecule has 0 aliphatic heterocycles. The topological polar surface area (TPSA) is 63.6 Å². The number of hydrogen-bond acceptors (Lipinski definition) is 4. The van der Waals surface area contributed by atoms with Gasteiger partial charge >= 0.3 is 5.97 Å². The summed E-state index contributed by atoms with van der Waals surface area (Å²) in [5.41, 5.74) is 0.460. The van der Waals surface area contributed by atoms with E-state index < -0.39 is 5.41 Å². The molecule has 0 aromatic heterocycles. The molecule has 0 aromatic rings. The van der Waals surface area contributed by atoms with Crippen LogP contribution in [0, 0.1) is 39.9 Å². The average molecular weight is 415 g/mol. The first-order valence-electron chi connectivity index (χ1n) is 11.8. The standard InChI is InChI=1S/C26H38O4/c1-16(30-23(29)24(2,3)4)20-8-9-21-19-7-6-17-14-18(28)10-13-26(17,15-27)22(19)11-12-25(20,21)5/h6-7,14,16,19-22,27H,8-13,15H2,1-5H3/t16?,19-,20+,21-,22-,25+,26+/m0/s1. The van der Waals surface area contributed by atoms with Crippen molar-refractivity contribution in [2.24, 2.45) is 39.9 Å². The average Bonchev–Trinajstić information content (AvgIpc) is 3.04. The van der Waals surface area contributed by atoms with Crippen LogP contribution < -0.4 is 0 Å². The van der Waals surface area contributed by atoms with Crippen molar-refractivity contribution < 1.29 is 19.4 Å². The van der Waals surface area contributed by atoms with Crippen molar-refractivity contribution >= 4 is 11.8 Å². The van der Waals surface area contributed by atoms with E-state index >= 15 is 0 Å². The Morgan fingerprint density at radius 1 is 1.23 bits per heavy atom. The number of carbonyl (C=O) groups is 2. The van der Waals surface area contributed by atoms with E-state index in [9.17, 15) is 14.7 Å². The van der Waals surface area contributed by atoms with Crippen molar-refractivity contribution in [3.05, 3.63) is 23.8 Å². The molecule has 30 heavy (non-hydrogen) atoms. The van der Waals surface area contributed by atoms with Crippen LogP contribution in [0.25, 0.3) is 0 Å². The van der Waals surface area contributed by atoms with Crippen molar-refractivity contribution in [2.45, 2.75) is 79.2 Å². The lowest BCUT2D eigenvalue weighted by Crippen LogP contribution is -2.52. The molecule has 166 valence electrons. The van der Waals surface area contributed by atoms with Gasteiger partial charge in [-0.3, -0.25) is 9.59 Å². The molecule has 0 heterocycles. The Labute approximate surface area is 181 Å². The largest absolute Gasteiger partial charge is 0.462 e. The zero-order chi connectivity index (χ0) is 21.9. The molecule has 0 saturated heterocycles. The van der Waals surface area contributed by atoms with Gasteiger partial charge < -0.3 is 9.84 Å². The fraction of sp³-hybridized carbons (Fsp3) is 0.769. The fourth-order valence-electron chi connectivity index (χ4n) is 7.34. The van der Waals surface area contributed by atoms with E-state index in [0.717, 1.165) is 37.7 Å². The van der Waals surface area contributed by atoms with Crippen LogP contribution in [0.1, 0.15) is 73.1 Å². The molecular weight excluding hydrogens is 376 g/mol. The Balaban J connectivity index is 1.59. The lowest BCUT2D eigenvalue weighted by molar-refractivity contribution is -0.164. The summed E-state index contributed by atoms with van der Waals surface area (Å²) < 4.78 is 5.94. The first-order chi connectivity index (χ1) is 14.0. The number of fused-ring (bicyclic) bond motifs is 5. The van der Waals surface area contributed by atoms with Crippen LogP contribution in [0.3, 0.4) is 0 Å². The van der Waals surface area contributed by atoms with Gasteiger partial charge in [0.05, 0.1) is 12.0 Å². The number of aliphatic hydroxyl groups excluding tert-OH is 1. The molecule has 7 atom stereocenters. The van der Waals surface area contributed by atoms with Gasteiger partial charge in [-0.25, -0.2) is 0 Å². The lowest BCUT2D eigenvalue weighted by Gasteiger charge is -2.56. The predicted molar refractivity (Wildman–Crippen MR) is 117 cm³/mol. The number of rotatable bonds is 3. The van der Waals surface area contributed by atoms with E-state index in [0.29, 0.717) is 30.1 Å². The summed E-state index contributed by atoms with van der Waals surface area (Å²) in [7, 11) is 0. The number of allylic oxidation sites excluding steroid dienone is 3. The van der Waals surface area contributed by atoms with Gasteiger partial charge in [-0.05, 0) is 94.6 Å². The summed E-state index contributed by atoms with van der Waals surface area (Å²) in [6, 6.07) is 0. The molecular formula is C26H38O4. The maximum Gasteiger partial charge on any atom is 0.311 e. The van der Waals surface area contributed by atoms with E-state index in [-0.39, 0.29) is 35.3 Å². The van der Waals surface area contributed by atoms with Crippen LogP contribution in [0.4, 0.5) is 0 Å². The smallest absolute Gasteiger partial charge is 0.311 e. The molecule has 4 aliphatic carbocycles. The number of aliphatic hydroxyl groups is 1. The van der Waals surface area contributed by atoms with Crippen molar-refractivity contribution in [1.29, 1.82) is 0 Å². The van der Waals surface area contributed by atoms with E-state index in [1.807, 2.05) is 20.8 Å². The second-order valence-electron chi connectivity index (χ2n) is 11.6. The second kappa shape index (κ2) is 7.32. The van der Waals surface area contributed by atoms with Gasteiger partial charge in [0, 0.05) is 17.8 Å². The Morgan fingerprint density at radius 2 is 1.97 bits per heavy atom. The van der Waals surface area contributed by atoms with Gasteiger partial charge in [0.15, 0.2) is 5.78 Å². The van der Waals surface area contributed by atoms with Gasteiger partial charge in [-0.15, -0.1) is 0 Å². The summed E-state index contributed by atoms with van der Waals surface area (Å²) in [6.45, 7) is 10.3. The Bertz CT molecular complexity index is 787. The highest BCUT2D eigenvalue weighted by molar-refractivity contribution is 5.92. The van der Waals surface area contributed by atoms with Crippen LogP contribution in [0.15, 0.2) is 23.8 Å². The third-order valence-corrected chi connectivity index (χ3v) is 9.08. The molecule has 0 spiro atoms. The monoisotopic (exact) mass is 414 g/mol. The summed E-state index contributed by atoms with van der Waals surface area (Å²) >= 11 is 0. The van der Waals surface area contributed by atoms with Crippen LogP contribution >= 0.6 is 0 Å². The van der Waals surface area contributed by atoms with Crippen LogP contribution in [-0.4, -0.2) is 29.6 Å². The van der Waals surface area contributed by atoms with E-state index in [1.165, 1.54) is 0 Å². The first kappa shape index (κ1) is 21.8. The Hall–Kier alpha value is -1.42. The minimum absolute atomic E-state index is 0.0783. The first-order valence-corrected chi connectivity index (χ1v) is 11.8. The zero-order valence-corrected chi connectivity index (χ0v) is 19.2. The molecule has 0 radical (unpaired) electrons. The summed E-state index contributed by atoms with van der Waals surface area (Å²) in [6.07, 6.45) is 11.9. The van der Waals surface area contributed by atoms with Crippen LogP contribution in [0.5, 0.6) is 0 Å². The van der Waals surface area contributed by atoms with Gasteiger partial charge in [0.1, 0.15) is 6.10 Å². The van der Waals surface area contributed by atoms with Gasteiger partial charge in [-0.1, -0.05) is 19.1 Å². The molecule has 1 unspecified atom stereocenters. The normalized spacial score (nSPS) is 41.4. The third kappa shape index (κ3) is 3.21. The van der Waals surface area contributed by atoms with Gasteiger partial charge in [-0.2, -0.15) is 0 Å². The molecule has 4 aliphatic rings. The van der Waals surface area contributed by atoms with Crippen LogP contribution in [0.2, 0.25) is 0 Å². The molecule has 0 aromatic carbocycles. The van der Waals surface area contributed by atoms with Gasteiger partial charge in [0.2, 0.25) is 0 Å². The van der Waals surface area contributed by atoms with Crippen molar-refractivity contribution in [1.82, 2.24) is 0 Å². The lowest BCUT2D eigenvalue weighted by atomic mass is 9.48. The van der Waals surface area contributed by atoms with E-state index in [2.05, 4.69) is 26.0 Å². The quantitative estimate of drug-likeness (QED) is 0.670. The minimum atomic E-state index is -0.481. The van der Waals surface area contributed by atoms with E-state index in [4.69, 9.17) is 4.74 Å². The van der Waals surface area contributed by atoms with Crippen molar-refractivity contribution in [3.8, 4) is 0 Å². The van der Waals surface area contributed by atoms with E-state index in [1.54, 1.807) is 6.08 Å². The van der Waals surface area contributed by atoms with Gasteiger partial charge in [0.25, 0.3) is 0 Å². The molecule has 1 N–H and O–H groups in total. The number of hydrogen-bond donors (Lipinski definition) is 1. The highest BCUT2D eigenvalue weighted by Crippen LogP contribution is 2.65. The number of ketones is 1. The van der Waals surface area contributed by atoms with Crippen molar-refractivity contribution in [3.63, 3.8) is 0 Å². The van der Waals surface area contributed by atoms with Crippen LogP contribution in [-0.2, 0) is 14.3 Å². The SMILES string of the molecule is CC(OC(=O)C(C)(C)C)[C@H]1CC[C@H]2[C@@H]3C=CC4=CC(=O)CC[C@]4(CO)[C@H]3CC[C@]12C. The minimum Gasteiger partial charge on any atom is -0.462 e. The van der Waals surface area contributed by atoms with Crippen molar-refractivity contribution in [2.75, 3.05) is 6.61 Å². The summed E-state index contributed by atoms with van der Waals surface area (Å²) in [5, 5.41) is 10.5. The summed E-state index contributed by atoms with van der Waals surface area (Å²) in [5.74, 6) is 1.81. The summed E-state index contributed by atoms with van der Waals surface area (Å²) in [4.78, 5) is 24.5. The Morgan fingerprint density at radius 3 is 2.63 bits per heavy atom. The maximum absolute atomic E-state index is 12.5. The third-order valence-electron chi connectivity index (χ3n) is 9.08. The predicted octanol–water partition coefficient (Wildman–Crippen LogP) is 4.86. The molecule has 4 rings (SSSR count). The number of carbonyl (C=O) groups excluding carboxylic acids is 2. The highest BCUT2D eigenvalue weighted by Gasteiger charge is 2.60. The second-order valence-corrected chi connectivity index (χ2v) is 11.6. The molecule has 4 heteroatoms. The molecule has 2 saturated carbocycles. The highest BCUT2D eigenvalue weighted by atomic mass is 16.5.